The Kier molecular flexibility index (Phi) is 11.4. The fourth-order valence-electron chi connectivity index (χ4n) is 6.70. The Morgan fingerprint density at radius 1 is 0.647 bits per heavy atom. The Hall–Kier alpha value is -4.19. The van der Waals surface area contributed by atoms with E-state index >= 15 is 0 Å². The highest BCUT2D eigenvalue weighted by Gasteiger charge is 2.27. The molecule has 3 aliphatic rings. The zero-order valence-electron chi connectivity index (χ0n) is 27.7. The highest BCUT2D eigenvalue weighted by Crippen LogP contribution is 2.35. The first-order valence-electron chi connectivity index (χ1n) is 17.0. The Bertz CT molecular complexity index is 2140. The van der Waals surface area contributed by atoms with Crippen LogP contribution >= 0.6 is 47.8 Å². The number of benzene rings is 3. The molecule has 258 valence electrons. The van der Waals surface area contributed by atoms with Crippen LogP contribution in [0.1, 0.15) is 72.7 Å². The predicted molar refractivity (Wildman–Crippen MR) is 214 cm³/mol. The van der Waals surface area contributed by atoms with Crippen molar-refractivity contribution in [2.75, 3.05) is 5.32 Å². The number of pyridine rings is 2. The highest BCUT2D eigenvalue weighted by molar-refractivity contribution is 9.11. The zero-order valence-corrected chi connectivity index (χ0v) is 32.5. The monoisotopic (exact) mass is 867 g/mol. The number of carbonyl (C=O) groups is 1. The number of amidine groups is 1. The summed E-state index contributed by atoms with van der Waals surface area (Å²) in [5.74, 6) is 2.34. The number of halogens is 3. The van der Waals surface area contributed by atoms with Crippen LogP contribution in [0.15, 0.2) is 134 Å². The number of hydrogen-bond donors (Lipinski definition) is 2. The van der Waals surface area contributed by atoms with Crippen LogP contribution in [0.2, 0.25) is 0 Å². The molecular formula is C40H36Br3N7O. The molecule has 0 spiro atoms. The van der Waals surface area contributed by atoms with Crippen LogP contribution in [0.4, 0.5) is 5.69 Å². The number of hydrogen-bond acceptors (Lipinski definition) is 6. The lowest BCUT2D eigenvalue weighted by Gasteiger charge is -2.14. The number of imidazole rings is 1. The summed E-state index contributed by atoms with van der Waals surface area (Å²) in [5.41, 5.74) is 6.73. The fraction of sp³-hybridized carbons (Fsp3) is 0.225. The van der Waals surface area contributed by atoms with E-state index < -0.39 is 0 Å². The molecule has 11 heteroatoms. The molecular weight excluding hydrogens is 834 g/mol. The van der Waals surface area contributed by atoms with Crippen molar-refractivity contribution in [1.29, 1.82) is 0 Å². The van der Waals surface area contributed by atoms with Crippen LogP contribution in [0.25, 0.3) is 11.2 Å². The minimum absolute atomic E-state index is 0.170. The first-order chi connectivity index (χ1) is 24.9. The van der Waals surface area contributed by atoms with Crippen LogP contribution in [0, 0.1) is 0 Å². The van der Waals surface area contributed by atoms with Crippen LogP contribution in [0.5, 0.6) is 0 Å². The third kappa shape index (κ3) is 8.65. The third-order valence-electron chi connectivity index (χ3n) is 9.16. The average molecular weight is 870 g/mol. The van der Waals surface area contributed by atoms with Crippen molar-refractivity contribution in [3.8, 4) is 0 Å². The van der Waals surface area contributed by atoms with Gasteiger partial charge in [-0.2, -0.15) is 0 Å². The molecule has 3 aromatic heterocycles. The molecule has 0 unspecified atom stereocenters. The maximum absolute atomic E-state index is 10.9. The van der Waals surface area contributed by atoms with Crippen LogP contribution in [0.3, 0.4) is 0 Å². The SMILES string of the molecule is Brc1ccc(NC2=N[C@@H](c3ccccc3)CC2)c(Br)n1.Brc1ccc2nc3n(c2n1)[C@@H](c1ccccc1)CC3.O=C1CC[C@H](c2ccccc2)N1. The topological polar surface area (TPSA) is 97.1 Å². The van der Waals surface area contributed by atoms with Crippen molar-refractivity contribution in [3.63, 3.8) is 0 Å². The minimum atomic E-state index is 0.170. The maximum Gasteiger partial charge on any atom is 0.220 e. The third-order valence-corrected chi connectivity index (χ3v) is 10.6. The number of nitrogens with zero attached hydrogens (tertiary/aromatic N) is 5. The molecule has 0 radical (unpaired) electrons. The Labute approximate surface area is 322 Å². The molecule has 3 atom stereocenters. The van der Waals surface area contributed by atoms with Gasteiger partial charge in [-0.1, -0.05) is 91.0 Å². The number of amides is 1. The number of fused-ring (bicyclic) bond motifs is 3. The van der Waals surface area contributed by atoms with Gasteiger partial charge < -0.3 is 15.2 Å². The number of anilines is 1. The van der Waals surface area contributed by atoms with E-state index in [0.717, 1.165) is 74.4 Å². The largest absolute Gasteiger partial charge is 0.349 e. The van der Waals surface area contributed by atoms with E-state index in [-0.39, 0.29) is 18.0 Å². The van der Waals surface area contributed by atoms with E-state index in [1.165, 1.54) is 16.7 Å². The number of aryl methyl sites for hydroxylation is 1. The normalized spacial score (nSPS) is 18.9. The van der Waals surface area contributed by atoms with Gasteiger partial charge in [-0.15, -0.1) is 0 Å². The highest BCUT2D eigenvalue weighted by atomic mass is 79.9. The number of carbonyl (C=O) groups excluding carboxylic acids is 1. The van der Waals surface area contributed by atoms with Crippen molar-refractivity contribution in [2.45, 2.75) is 56.7 Å². The van der Waals surface area contributed by atoms with E-state index in [4.69, 9.17) is 4.99 Å². The van der Waals surface area contributed by atoms with E-state index in [9.17, 15) is 4.79 Å². The quantitative estimate of drug-likeness (QED) is 0.172. The van der Waals surface area contributed by atoms with E-state index in [1.807, 2.05) is 48.5 Å². The molecule has 51 heavy (non-hydrogen) atoms. The molecule has 0 saturated carbocycles. The van der Waals surface area contributed by atoms with Gasteiger partial charge in [0, 0.05) is 19.3 Å². The minimum Gasteiger partial charge on any atom is -0.349 e. The molecule has 9 rings (SSSR count). The van der Waals surface area contributed by atoms with Crippen molar-refractivity contribution in [3.05, 3.63) is 152 Å². The number of aromatic nitrogens is 4. The van der Waals surface area contributed by atoms with Gasteiger partial charge in [0.2, 0.25) is 5.91 Å². The zero-order chi connectivity index (χ0) is 35.2. The summed E-state index contributed by atoms with van der Waals surface area (Å²) in [6, 6.07) is 39.9. The smallest absolute Gasteiger partial charge is 0.220 e. The van der Waals surface area contributed by atoms with Crippen molar-refractivity contribution < 1.29 is 4.79 Å². The molecule has 2 N–H and O–H groups in total. The first-order valence-corrected chi connectivity index (χ1v) is 19.4. The summed E-state index contributed by atoms with van der Waals surface area (Å²) in [6.45, 7) is 0. The molecule has 6 aromatic rings. The first kappa shape index (κ1) is 35.2. The molecule has 3 aromatic carbocycles. The number of aliphatic imine (C=N–C) groups is 1. The van der Waals surface area contributed by atoms with Crippen molar-refractivity contribution >= 4 is 76.4 Å². The van der Waals surface area contributed by atoms with Gasteiger partial charge in [0.05, 0.1) is 23.8 Å². The average Bonchev–Trinajstić information content (AvgIpc) is 3.97. The Morgan fingerprint density at radius 2 is 1.29 bits per heavy atom. The van der Waals surface area contributed by atoms with Crippen LogP contribution < -0.4 is 10.6 Å². The van der Waals surface area contributed by atoms with E-state index in [2.05, 4.69) is 145 Å². The predicted octanol–water partition coefficient (Wildman–Crippen LogP) is 10.3. The van der Waals surface area contributed by atoms with Gasteiger partial charge in [0.15, 0.2) is 5.65 Å². The Balaban J connectivity index is 0.000000123. The van der Waals surface area contributed by atoms with Gasteiger partial charge >= 0.3 is 0 Å². The van der Waals surface area contributed by atoms with Crippen LogP contribution in [-0.4, -0.2) is 31.3 Å². The fourth-order valence-corrected chi connectivity index (χ4v) is 7.97. The standard InChI is InChI=1S/C15H13Br2N3.C15H12BrN3.C10H11NO/c16-13-8-6-12(15(17)20-13)19-14-9-7-11(18-14)10-4-2-1-3-5-10;16-13-8-6-11-15(18-13)19-12(7-9-14(19)17-11)10-4-2-1-3-5-10;12-10-7-6-9(11-10)8-4-2-1-3-5-8/h1-6,8,11H,7,9H2,(H,18,19);1-6,8,12H,7,9H2;1-5,9H,6-7H2,(H,11,12)/t11-;12-;9-/m111/s1. The summed E-state index contributed by atoms with van der Waals surface area (Å²) >= 11 is 10.3. The van der Waals surface area contributed by atoms with E-state index in [1.54, 1.807) is 0 Å². The van der Waals surface area contributed by atoms with Crippen molar-refractivity contribution in [1.82, 2.24) is 24.8 Å². The molecule has 8 nitrogen and oxygen atoms in total. The lowest BCUT2D eigenvalue weighted by atomic mass is 10.0. The lowest BCUT2D eigenvalue weighted by molar-refractivity contribution is -0.119. The van der Waals surface area contributed by atoms with Crippen molar-refractivity contribution in [2.24, 2.45) is 4.99 Å². The second kappa shape index (κ2) is 16.4. The van der Waals surface area contributed by atoms with Gasteiger partial charge in [-0.3, -0.25) is 9.79 Å². The molecule has 3 aliphatic heterocycles. The van der Waals surface area contributed by atoms with Gasteiger partial charge in [0.25, 0.3) is 0 Å². The second-order valence-electron chi connectivity index (χ2n) is 12.5. The molecule has 1 amide bonds. The van der Waals surface area contributed by atoms with Gasteiger partial charge in [-0.05, 0) is 108 Å². The summed E-state index contributed by atoms with van der Waals surface area (Å²) in [7, 11) is 0. The molecule has 6 heterocycles. The second-order valence-corrected chi connectivity index (χ2v) is 14.9. The maximum atomic E-state index is 10.9. The van der Waals surface area contributed by atoms with Gasteiger partial charge in [0.1, 0.15) is 31.0 Å². The van der Waals surface area contributed by atoms with Crippen LogP contribution in [-0.2, 0) is 11.2 Å². The molecule has 1 fully saturated rings. The summed E-state index contributed by atoms with van der Waals surface area (Å²) in [5, 5.41) is 6.29. The van der Waals surface area contributed by atoms with Gasteiger partial charge in [-0.25, -0.2) is 15.0 Å². The number of nitrogens with one attached hydrogen (secondary N) is 2. The lowest BCUT2D eigenvalue weighted by Crippen LogP contribution is -2.17. The summed E-state index contributed by atoms with van der Waals surface area (Å²) < 4.78 is 4.75. The molecule has 0 aliphatic carbocycles. The summed E-state index contributed by atoms with van der Waals surface area (Å²) in [4.78, 5) is 29.3. The molecule has 1 saturated heterocycles. The van der Waals surface area contributed by atoms with E-state index in [0.29, 0.717) is 12.5 Å². The summed E-state index contributed by atoms with van der Waals surface area (Å²) in [6.07, 6.45) is 5.74. The molecule has 0 bridgehead atoms. The Morgan fingerprint density at radius 3 is 1.96 bits per heavy atom. The number of rotatable bonds is 4.